The Hall–Kier alpha value is -2.02. The third-order valence-corrected chi connectivity index (χ3v) is 22.3. The first-order valence-electron chi connectivity index (χ1n) is 15.7. The second-order valence-corrected chi connectivity index (χ2v) is 27.0. The Morgan fingerprint density at radius 2 is 1.07 bits per heavy atom. The normalized spacial score (nSPS) is 11.7. The average molecular weight is 786 g/mol. The van der Waals surface area contributed by atoms with Gasteiger partial charge in [-0.3, -0.25) is 4.90 Å². The molecule has 0 aliphatic carbocycles. The number of anilines is 2. The van der Waals surface area contributed by atoms with Crippen LogP contribution < -0.4 is 13.5 Å². The van der Waals surface area contributed by atoms with Gasteiger partial charge >= 0.3 is 183 Å². The molecule has 44 heavy (non-hydrogen) atoms. The van der Waals surface area contributed by atoms with Crippen LogP contribution in [0.15, 0.2) is 29.4 Å². The molecule has 0 fully saturated rings. The van der Waals surface area contributed by atoms with Crippen LogP contribution in [0.2, 0.25) is 13.3 Å². The fourth-order valence-electron chi connectivity index (χ4n) is 4.40. The second kappa shape index (κ2) is 18.8. The molecule has 0 unspecified atom stereocenters. The van der Waals surface area contributed by atoms with Crippen LogP contribution in [-0.2, 0) is 9.47 Å². The molecule has 0 saturated heterocycles. The number of carbonyl (C=O) groups is 2. The first-order valence-corrected chi connectivity index (χ1v) is 24.0. The number of hydrogen-bond donors (Lipinski definition) is 0. The van der Waals surface area contributed by atoms with Gasteiger partial charge in [0.25, 0.3) is 0 Å². The topological polar surface area (TPSA) is 111 Å². The van der Waals surface area contributed by atoms with E-state index in [9.17, 15) is 9.59 Å². The fraction of sp³-hybridized carbons (Fsp3) is 0.688. The van der Waals surface area contributed by atoms with Crippen molar-refractivity contribution in [2.24, 2.45) is 0 Å². The van der Waals surface area contributed by atoms with Gasteiger partial charge in [0.2, 0.25) is 0 Å². The summed E-state index contributed by atoms with van der Waals surface area (Å²) in [6.07, 6.45) is 13.5. The number of rotatable bonds is 12. The Labute approximate surface area is 278 Å². The van der Waals surface area contributed by atoms with Gasteiger partial charge in [-0.05, 0) is 36.7 Å². The van der Waals surface area contributed by atoms with Gasteiger partial charge in [-0.15, -0.1) is 0 Å². The number of unbranched alkanes of at least 4 members (excludes halogenated alkanes) is 3. The number of nitrogens with zero attached hydrogens (tertiary/aromatic N) is 6. The molecule has 2 amide bonds. The molecule has 0 aromatic carbocycles. The largest absolute Gasteiger partial charge is 0.443 e. The van der Waals surface area contributed by atoms with Gasteiger partial charge in [0.1, 0.15) is 10.2 Å². The summed E-state index contributed by atoms with van der Waals surface area (Å²) >= 11 is 0.604. The minimum atomic E-state index is -2.57. The van der Waals surface area contributed by atoms with Gasteiger partial charge in [0.15, 0.2) is 5.82 Å². The van der Waals surface area contributed by atoms with Crippen molar-refractivity contribution in [3.63, 3.8) is 0 Å². The molecular formula is C32H55BrN6O4Sn. The van der Waals surface area contributed by atoms with Crippen LogP contribution in [0.5, 0.6) is 0 Å². The summed E-state index contributed by atoms with van der Waals surface area (Å²) in [6.45, 7) is 17.9. The molecule has 10 nitrogen and oxygen atoms in total. The summed E-state index contributed by atoms with van der Waals surface area (Å²) in [7, 11) is 3.28. The zero-order chi connectivity index (χ0) is 33.6. The molecule has 2 rings (SSSR count). The van der Waals surface area contributed by atoms with E-state index in [1.165, 1.54) is 77.7 Å². The van der Waals surface area contributed by atoms with Crippen molar-refractivity contribution >= 4 is 61.8 Å². The smallest absolute Gasteiger partial charge is 0.415 e. The van der Waals surface area contributed by atoms with Crippen molar-refractivity contribution in [2.75, 3.05) is 23.9 Å². The Morgan fingerprint density at radius 3 is 1.36 bits per heavy atom. The Kier molecular flexibility index (Phi) is 17.1. The summed E-state index contributed by atoms with van der Waals surface area (Å²) in [5.74, 6) is 0.997. The second-order valence-electron chi connectivity index (χ2n) is 13.1. The van der Waals surface area contributed by atoms with Crippen molar-refractivity contribution in [3.05, 3.63) is 29.4 Å². The molecular weight excluding hydrogens is 731 g/mol. The number of hydrogen-bond acceptors (Lipinski definition) is 8. The number of ether oxygens (including phenoxy) is 2. The first kappa shape index (κ1) is 40.0. The summed E-state index contributed by atoms with van der Waals surface area (Å²) in [6, 6.07) is 0. The quantitative estimate of drug-likeness (QED) is 0.197. The minimum absolute atomic E-state index is 0.396. The number of halogens is 1. The molecule has 2 aromatic rings. The molecule has 0 aliphatic rings. The van der Waals surface area contributed by atoms with Gasteiger partial charge in [-0.2, -0.15) is 0 Å². The van der Waals surface area contributed by atoms with Gasteiger partial charge in [-0.25, -0.2) is 14.8 Å². The van der Waals surface area contributed by atoms with Crippen molar-refractivity contribution in [2.45, 2.75) is 125 Å². The predicted molar refractivity (Wildman–Crippen MR) is 186 cm³/mol. The predicted octanol–water partition coefficient (Wildman–Crippen LogP) is 8.51. The fourth-order valence-corrected chi connectivity index (χ4v) is 19.7. The van der Waals surface area contributed by atoms with Crippen LogP contribution >= 0.6 is 15.9 Å². The summed E-state index contributed by atoms with van der Waals surface area (Å²) in [5, 5.41) is 0. The molecule has 0 saturated carbocycles. The summed E-state index contributed by atoms with van der Waals surface area (Å²) in [4.78, 5) is 44.3. The van der Waals surface area contributed by atoms with Crippen LogP contribution in [0.3, 0.4) is 0 Å². The van der Waals surface area contributed by atoms with Gasteiger partial charge in [0.05, 0.1) is 12.4 Å². The van der Waals surface area contributed by atoms with Crippen LogP contribution in [0, 0.1) is 0 Å². The van der Waals surface area contributed by atoms with Gasteiger partial charge < -0.3 is 4.74 Å². The molecule has 12 heteroatoms. The minimum Gasteiger partial charge on any atom is -0.443 e. The molecule has 0 atom stereocenters. The summed E-state index contributed by atoms with van der Waals surface area (Å²) < 4.78 is 16.6. The molecule has 0 radical (unpaired) electrons. The van der Waals surface area contributed by atoms with E-state index in [1.807, 2.05) is 47.7 Å². The molecule has 0 N–H and O–H groups in total. The maximum absolute atomic E-state index is 12.3. The van der Waals surface area contributed by atoms with E-state index in [1.54, 1.807) is 20.3 Å². The zero-order valence-corrected chi connectivity index (χ0v) is 33.3. The SMILES string of the molecule is CCC[CH2][Sn]([CH2]CCC)([CH2]CCC)[c]1cnc(N(C)C(=O)OC(C)(C)C)cn1.CN(C(=O)OC(C)(C)C)c1cnc(Br)cn1. The van der Waals surface area contributed by atoms with E-state index in [2.05, 4.69) is 51.7 Å². The van der Waals surface area contributed by atoms with Gasteiger partial charge in [0, 0.05) is 7.05 Å². The Bertz CT molecular complexity index is 1120. The van der Waals surface area contributed by atoms with Crippen molar-refractivity contribution in [3.8, 4) is 0 Å². The number of aromatic nitrogens is 4. The maximum Gasteiger partial charge on any atom is 0.415 e. The van der Waals surface area contributed by atoms with E-state index in [0.29, 0.717) is 16.2 Å². The average Bonchev–Trinajstić information content (AvgIpc) is 2.95. The van der Waals surface area contributed by atoms with Crippen molar-refractivity contribution in [1.82, 2.24) is 19.9 Å². The third kappa shape index (κ3) is 14.4. The van der Waals surface area contributed by atoms with E-state index in [0.717, 1.165) is 0 Å². The van der Waals surface area contributed by atoms with E-state index >= 15 is 0 Å². The van der Waals surface area contributed by atoms with E-state index in [4.69, 9.17) is 14.5 Å². The van der Waals surface area contributed by atoms with E-state index < -0.39 is 41.8 Å². The molecule has 248 valence electrons. The van der Waals surface area contributed by atoms with Crippen LogP contribution in [0.4, 0.5) is 21.2 Å². The molecule has 2 aromatic heterocycles. The standard InChI is InChI=1S/C10H14BrN3O2.C10H14N3O2.3C4H9.Sn/c1-10(2,3)16-9(15)14(4)8-6-12-7(11)5-13-8;1-10(2,3)15-9(14)13(4)8-7-11-5-6-12-8;3*1-3-4-2;/h5-6H,1-4H3;6-7H,1-4H3;3*1,3-4H2,2H3;. The third-order valence-electron chi connectivity index (χ3n) is 6.84. The molecule has 0 aliphatic heterocycles. The van der Waals surface area contributed by atoms with Crippen LogP contribution in [0.1, 0.15) is 101 Å². The number of amides is 2. The van der Waals surface area contributed by atoms with Crippen molar-refractivity contribution < 1.29 is 19.1 Å². The Balaban J connectivity index is 0.000000511. The monoisotopic (exact) mass is 786 g/mol. The van der Waals surface area contributed by atoms with Crippen LogP contribution in [0.25, 0.3) is 0 Å². The number of carbonyl (C=O) groups excluding carboxylic acids is 2. The molecule has 0 spiro atoms. The van der Waals surface area contributed by atoms with Crippen LogP contribution in [-0.4, -0.2) is 75.8 Å². The Morgan fingerprint density at radius 1 is 0.682 bits per heavy atom. The zero-order valence-electron chi connectivity index (χ0n) is 28.9. The first-order chi connectivity index (χ1) is 20.5. The van der Waals surface area contributed by atoms with E-state index in [-0.39, 0.29) is 0 Å². The summed E-state index contributed by atoms with van der Waals surface area (Å²) in [5.41, 5.74) is -1.04. The van der Waals surface area contributed by atoms with Gasteiger partial charge in [-0.1, -0.05) is 0 Å². The molecule has 0 bridgehead atoms. The van der Waals surface area contributed by atoms with Crippen molar-refractivity contribution in [1.29, 1.82) is 0 Å². The maximum atomic E-state index is 12.3. The molecule has 2 heterocycles.